The Labute approximate surface area is 197 Å². The standard InChI is InChI=1S/C25H21ClN2O4S/c1-16-6-5-7-18(12-16)14-27-22-9-4-3-8-20(22)25(24(27)30)28(23(29)15-33(25,31)32)19-11-10-17(2)21(26)13-19/h3-13H,14-15H2,1-2H3/t25-/m1/s1. The van der Waals surface area contributed by atoms with Crippen LogP contribution in [0, 0.1) is 13.8 Å². The van der Waals surface area contributed by atoms with Crippen molar-refractivity contribution in [2.75, 3.05) is 15.6 Å². The monoisotopic (exact) mass is 480 g/mol. The first-order valence-electron chi connectivity index (χ1n) is 10.5. The summed E-state index contributed by atoms with van der Waals surface area (Å²) in [4.78, 5) is 27.7. The number of benzene rings is 3. The number of carbonyl (C=O) groups excluding carboxylic acids is 2. The van der Waals surface area contributed by atoms with Crippen LogP contribution in [0.2, 0.25) is 5.02 Å². The molecule has 2 amide bonds. The van der Waals surface area contributed by atoms with Gasteiger partial charge in [0, 0.05) is 16.3 Å². The van der Waals surface area contributed by atoms with Crippen molar-refractivity contribution in [1.82, 2.24) is 0 Å². The lowest BCUT2D eigenvalue weighted by Crippen LogP contribution is -2.54. The topological polar surface area (TPSA) is 74.8 Å². The van der Waals surface area contributed by atoms with Crippen molar-refractivity contribution in [1.29, 1.82) is 0 Å². The molecule has 8 heteroatoms. The van der Waals surface area contributed by atoms with Crippen molar-refractivity contribution in [2.45, 2.75) is 25.3 Å². The van der Waals surface area contributed by atoms with Crippen LogP contribution in [-0.2, 0) is 30.8 Å². The highest BCUT2D eigenvalue weighted by Gasteiger charge is 2.69. The van der Waals surface area contributed by atoms with E-state index in [-0.39, 0.29) is 17.8 Å². The molecule has 0 aromatic heterocycles. The van der Waals surface area contributed by atoms with E-state index in [1.165, 1.54) is 11.0 Å². The molecular formula is C25H21ClN2O4S. The number of amides is 2. The van der Waals surface area contributed by atoms with Gasteiger partial charge in [-0.15, -0.1) is 0 Å². The van der Waals surface area contributed by atoms with E-state index in [0.717, 1.165) is 21.6 Å². The lowest BCUT2D eigenvalue weighted by atomic mass is 10.0. The highest BCUT2D eigenvalue weighted by molar-refractivity contribution is 7.94. The molecule has 0 unspecified atom stereocenters. The number of para-hydroxylation sites is 1. The molecule has 1 spiro atoms. The Morgan fingerprint density at radius 1 is 0.970 bits per heavy atom. The predicted octanol–water partition coefficient (Wildman–Crippen LogP) is 4.12. The summed E-state index contributed by atoms with van der Waals surface area (Å²) in [6.07, 6.45) is 0. The summed E-state index contributed by atoms with van der Waals surface area (Å²) >= 11 is 6.31. The van der Waals surface area contributed by atoms with E-state index in [2.05, 4.69) is 0 Å². The maximum Gasteiger partial charge on any atom is 0.274 e. The average molecular weight is 481 g/mol. The van der Waals surface area contributed by atoms with Crippen molar-refractivity contribution in [3.8, 4) is 0 Å². The van der Waals surface area contributed by atoms with E-state index in [1.807, 2.05) is 38.1 Å². The van der Waals surface area contributed by atoms with E-state index < -0.39 is 32.3 Å². The quantitative estimate of drug-likeness (QED) is 0.565. The Balaban J connectivity index is 1.74. The molecule has 0 radical (unpaired) electrons. The van der Waals surface area contributed by atoms with Gasteiger partial charge in [0.15, 0.2) is 9.84 Å². The van der Waals surface area contributed by atoms with Gasteiger partial charge in [0.05, 0.1) is 12.2 Å². The Hall–Kier alpha value is -3.16. The third kappa shape index (κ3) is 3.03. The first-order chi connectivity index (χ1) is 15.7. The largest absolute Gasteiger partial charge is 0.304 e. The van der Waals surface area contributed by atoms with E-state index in [9.17, 15) is 18.0 Å². The average Bonchev–Trinajstić information content (AvgIpc) is 3.13. The fourth-order valence-electron chi connectivity index (χ4n) is 4.76. The zero-order chi connectivity index (χ0) is 23.5. The first-order valence-corrected chi connectivity index (χ1v) is 12.5. The number of hydrogen-bond acceptors (Lipinski definition) is 4. The van der Waals surface area contributed by atoms with Crippen LogP contribution < -0.4 is 9.80 Å². The van der Waals surface area contributed by atoms with Gasteiger partial charge in [0.1, 0.15) is 5.75 Å². The van der Waals surface area contributed by atoms with Crippen LogP contribution in [0.15, 0.2) is 66.7 Å². The third-order valence-corrected chi connectivity index (χ3v) is 8.77. The van der Waals surface area contributed by atoms with Crippen molar-refractivity contribution < 1.29 is 18.0 Å². The molecule has 1 fully saturated rings. The smallest absolute Gasteiger partial charge is 0.274 e. The van der Waals surface area contributed by atoms with Gasteiger partial charge in [-0.3, -0.25) is 14.5 Å². The number of fused-ring (bicyclic) bond motifs is 2. The number of hydrogen-bond donors (Lipinski definition) is 0. The van der Waals surface area contributed by atoms with Crippen molar-refractivity contribution in [3.05, 3.63) is 94.0 Å². The van der Waals surface area contributed by atoms with Gasteiger partial charge in [0.2, 0.25) is 5.91 Å². The molecule has 0 bridgehead atoms. The Morgan fingerprint density at radius 2 is 1.73 bits per heavy atom. The van der Waals surface area contributed by atoms with Crippen molar-refractivity contribution >= 4 is 44.6 Å². The fourth-order valence-corrected chi connectivity index (χ4v) is 6.97. The first kappa shape index (κ1) is 21.7. The van der Waals surface area contributed by atoms with Gasteiger partial charge in [-0.25, -0.2) is 8.42 Å². The summed E-state index contributed by atoms with van der Waals surface area (Å²) in [6.45, 7) is 3.95. The molecule has 2 heterocycles. The maximum atomic E-state index is 14.1. The molecule has 5 rings (SSSR count). The number of sulfone groups is 1. The molecule has 2 aliphatic heterocycles. The predicted molar refractivity (Wildman–Crippen MR) is 128 cm³/mol. The van der Waals surface area contributed by atoms with Crippen LogP contribution in [0.3, 0.4) is 0 Å². The molecule has 168 valence electrons. The van der Waals surface area contributed by atoms with Crippen molar-refractivity contribution in [3.63, 3.8) is 0 Å². The minimum atomic E-state index is -4.21. The second-order valence-electron chi connectivity index (χ2n) is 8.46. The Kier molecular flexibility index (Phi) is 4.88. The van der Waals surface area contributed by atoms with Gasteiger partial charge in [-0.1, -0.05) is 65.7 Å². The van der Waals surface area contributed by atoms with E-state index >= 15 is 0 Å². The van der Waals surface area contributed by atoms with Crippen LogP contribution in [0.1, 0.15) is 22.3 Å². The summed E-state index contributed by atoms with van der Waals surface area (Å²) < 4.78 is 27.2. The Bertz CT molecular complexity index is 1440. The lowest BCUT2D eigenvalue weighted by molar-refractivity contribution is -0.123. The van der Waals surface area contributed by atoms with Crippen molar-refractivity contribution in [2.24, 2.45) is 0 Å². The number of nitrogens with zero attached hydrogens (tertiary/aromatic N) is 2. The number of halogens is 1. The highest BCUT2D eigenvalue weighted by atomic mass is 35.5. The maximum absolute atomic E-state index is 14.1. The minimum Gasteiger partial charge on any atom is -0.304 e. The second kappa shape index (κ2) is 7.43. The number of anilines is 2. The molecule has 1 atom stereocenters. The summed E-state index contributed by atoms with van der Waals surface area (Å²) in [5.41, 5.74) is 3.71. The Morgan fingerprint density at radius 3 is 2.45 bits per heavy atom. The van der Waals surface area contributed by atoms with Crippen LogP contribution in [0.4, 0.5) is 11.4 Å². The van der Waals surface area contributed by atoms with E-state index in [4.69, 9.17) is 11.6 Å². The van der Waals surface area contributed by atoms with Crippen LogP contribution in [0.25, 0.3) is 0 Å². The third-order valence-electron chi connectivity index (χ3n) is 6.26. The van der Waals surface area contributed by atoms with Gasteiger partial charge in [-0.2, -0.15) is 0 Å². The van der Waals surface area contributed by atoms with Gasteiger partial charge in [-0.05, 0) is 43.2 Å². The SMILES string of the molecule is Cc1cccc(CN2C(=O)[C@]3(c4ccccc42)N(c2ccc(C)c(Cl)c2)C(=O)CS3(=O)=O)c1. The van der Waals surface area contributed by atoms with E-state index in [0.29, 0.717) is 10.7 Å². The zero-order valence-corrected chi connectivity index (χ0v) is 19.7. The molecule has 3 aromatic rings. The molecule has 3 aromatic carbocycles. The van der Waals surface area contributed by atoms with Gasteiger partial charge >= 0.3 is 0 Å². The molecule has 0 saturated carbocycles. The van der Waals surface area contributed by atoms with Gasteiger partial charge < -0.3 is 4.90 Å². The molecule has 6 nitrogen and oxygen atoms in total. The number of carbonyl (C=O) groups is 2. The summed E-state index contributed by atoms with van der Waals surface area (Å²) in [6, 6.07) is 19.3. The number of aryl methyl sites for hydroxylation is 2. The fraction of sp³-hybridized carbons (Fsp3) is 0.200. The molecule has 0 aliphatic carbocycles. The molecule has 0 N–H and O–H groups in total. The summed E-state index contributed by atoms with van der Waals surface area (Å²) in [5.74, 6) is -2.07. The molecular weight excluding hydrogens is 460 g/mol. The lowest BCUT2D eigenvalue weighted by Gasteiger charge is -2.32. The normalized spacial score (nSPS) is 21.2. The molecule has 1 saturated heterocycles. The molecule has 2 aliphatic rings. The highest BCUT2D eigenvalue weighted by Crippen LogP contribution is 2.53. The summed E-state index contributed by atoms with van der Waals surface area (Å²) in [7, 11) is -4.21. The van der Waals surface area contributed by atoms with Crippen LogP contribution in [0.5, 0.6) is 0 Å². The van der Waals surface area contributed by atoms with Crippen LogP contribution in [-0.4, -0.2) is 26.0 Å². The van der Waals surface area contributed by atoms with Crippen LogP contribution >= 0.6 is 11.6 Å². The van der Waals surface area contributed by atoms with Gasteiger partial charge in [0.25, 0.3) is 10.8 Å². The van der Waals surface area contributed by atoms with E-state index in [1.54, 1.807) is 36.4 Å². The number of rotatable bonds is 3. The summed E-state index contributed by atoms with van der Waals surface area (Å²) in [5, 5.41) is 0.384. The molecule has 33 heavy (non-hydrogen) atoms. The second-order valence-corrected chi connectivity index (χ2v) is 11.0. The zero-order valence-electron chi connectivity index (χ0n) is 18.1. The minimum absolute atomic E-state index is 0.186.